The summed E-state index contributed by atoms with van der Waals surface area (Å²) in [6, 6.07) is 6.22. The van der Waals surface area contributed by atoms with Gasteiger partial charge < -0.3 is 4.74 Å². The van der Waals surface area contributed by atoms with Gasteiger partial charge in [-0.1, -0.05) is 18.2 Å². The van der Waals surface area contributed by atoms with Gasteiger partial charge in [0.15, 0.2) is 0 Å². The van der Waals surface area contributed by atoms with Gasteiger partial charge in [0.2, 0.25) is 0 Å². The molecule has 0 atom stereocenters. The fourth-order valence-corrected chi connectivity index (χ4v) is 2.47. The average molecular weight is 252 g/mol. The van der Waals surface area contributed by atoms with E-state index in [1.807, 2.05) is 19.3 Å². The maximum absolute atomic E-state index is 5.73. The van der Waals surface area contributed by atoms with Crippen molar-refractivity contribution in [3.63, 3.8) is 0 Å². The standard InChI is InChI=1S/C14H12N4O/c1-9-16-14-15-7-11(8-18(14)17-9)12-4-2-3-10-5-6-19-13(10)12/h2-4,7-8H,5-6H2,1H3. The topological polar surface area (TPSA) is 52.3 Å². The van der Waals surface area contributed by atoms with Gasteiger partial charge in [0, 0.05) is 29.9 Å². The first kappa shape index (κ1) is 10.5. The van der Waals surface area contributed by atoms with Crippen molar-refractivity contribution in [2.75, 3.05) is 6.61 Å². The van der Waals surface area contributed by atoms with Crippen molar-refractivity contribution in [2.24, 2.45) is 0 Å². The van der Waals surface area contributed by atoms with Crippen molar-refractivity contribution in [1.29, 1.82) is 0 Å². The predicted molar refractivity (Wildman–Crippen MR) is 70.2 cm³/mol. The Morgan fingerprint density at radius 2 is 2.26 bits per heavy atom. The Morgan fingerprint density at radius 1 is 1.32 bits per heavy atom. The van der Waals surface area contributed by atoms with Crippen LogP contribution >= 0.6 is 0 Å². The first-order valence-corrected chi connectivity index (χ1v) is 6.25. The number of rotatable bonds is 1. The molecule has 19 heavy (non-hydrogen) atoms. The Kier molecular flexibility index (Phi) is 2.09. The van der Waals surface area contributed by atoms with Crippen molar-refractivity contribution >= 4 is 5.78 Å². The van der Waals surface area contributed by atoms with Gasteiger partial charge in [-0.05, 0) is 12.5 Å². The molecule has 2 aromatic heterocycles. The van der Waals surface area contributed by atoms with Crippen LogP contribution in [-0.4, -0.2) is 26.2 Å². The lowest BCUT2D eigenvalue weighted by Crippen LogP contribution is -1.94. The molecule has 0 N–H and O–H groups in total. The molecular weight excluding hydrogens is 240 g/mol. The molecule has 0 amide bonds. The monoisotopic (exact) mass is 252 g/mol. The Balaban J connectivity index is 1.92. The predicted octanol–water partition coefficient (Wildman–Crippen LogP) is 2.03. The summed E-state index contributed by atoms with van der Waals surface area (Å²) in [7, 11) is 0. The van der Waals surface area contributed by atoms with Gasteiger partial charge in [0.05, 0.1) is 6.61 Å². The van der Waals surface area contributed by atoms with Gasteiger partial charge in [0.25, 0.3) is 5.78 Å². The first-order chi connectivity index (χ1) is 9.31. The summed E-state index contributed by atoms with van der Waals surface area (Å²) < 4.78 is 7.44. The van der Waals surface area contributed by atoms with Gasteiger partial charge in [0.1, 0.15) is 11.6 Å². The maximum Gasteiger partial charge on any atom is 0.252 e. The van der Waals surface area contributed by atoms with E-state index in [2.05, 4.69) is 33.3 Å². The summed E-state index contributed by atoms with van der Waals surface area (Å²) in [5.41, 5.74) is 3.32. The van der Waals surface area contributed by atoms with E-state index in [0.29, 0.717) is 5.78 Å². The lowest BCUT2D eigenvalue weighted by atomic mass is 10.0. The number of fused-ring (bicyclic) bond motifs is 2. The van der Waals surface area contributed by atoms with Crippen LogP contribution in [0.4, 0.5) is 0 Å². The van der Waals surface area contributed by atoms with Crippen LogP contribution in [0.15, 0.2) is 30.6 Å². The summed E-state index contributed by atoms with van der Waals surface area (Å²) in [5.74, 6) is 2.31. The second-order valence-electron chi connectivity index (χ2n) is 4.64. The minimum atomic E-state index is 0.620. The smallest absolute Gasteiger partial charge is 0.252 e. The molecule has 5 heteroatoms. The summed E-state index contributed by atoms with van der Waals surface area (Å²) >= 11 is 0. The third-order valence-corrected chi connectivity index (χ3v) is 3.33. The number of benzene rings is 1. The molecule has 3 aromatic rings. The molecule has 0 saturated heterocycles. The lowest BCUT2D eigenvalue weighted by Gasteiger charge is -2.07. The van der Waals surface area contributed by atoms with Crippen LogP contribution in [0.25, 0.3) is 16.9 Å². The maximum atomic E-state index is 5.73. The van der Waals surface area contributed by atoms with E-state index in [9.17, 15) is 0 Å². The highest BCUT2D eigenvalue weighted by molar-refractivity contribution is 5.72. The highest BCUT2D eigenvalue weighted by Gasteiger charge is 2.17. The summed E-state index contributed by atoms with van der Waals surface area (Å²) in [6.45, 7) is 2.61. The van der Waals surface area contributed by atoms with Crippen LogP contribution in [-0.2, 0) is 6.42 Å². The van der Waals surface area contributed by atoms with E-state index in [-0.39, 0.29) is 0 Å². The molecule has 1 aliphatic heterocycles. The molecule has 0 bridgehead atoms. The molecule has 3 heterocycles. The van der Waals surface area contributed by atoms with E-state index in [1.165, 1.54) is 5.56 Å². The van der Waals surface area contributed by atoms with E-state index in [0.717, 1.165) is 35.7 Å². The van der Waals surface area contributed by atoms with Crippen molar-refractivity contribution in [3.8, 4) is 16.9 Å². The molecule has 5 nitrogen and oxygen atoms in total. The normalized spacial score (nSPS) is 13.5. The quantitative estimate of drug-likeness (QED) is 0.665. The number of ether oxygens (including phenoxy) is 1. The molecule has 0 saturated carbocycles. The van der Waals surface area contributed by atoms with Crippen molar-refractivity contribution in [3.05, 3.63) is 42.0 Å². The van der Waals surface area contributed by atoms with Gasteiger partial charge in [-0.3, -0.25) is 0 Å². The molecule has 1 aliphatic rings. The fourth-order valence-electron chi connectivity index (χ4n) is 2.47. The van der Waals surface area contributed by atoms with Crippen LogP contribution in [0.3, 0.4) is 0 Å². The van der Waals surface area contributed by atoms with E-state index < -0.39 is 0 Å². The zero-order valence-corrected chi connectivity index (χ0v) is 10.5. The summed E-state index contributed by atoms with van der Waals surface area (Å²) in [6.07, 6.45) is 4.74. The minimum Gasteiger partial charge on any atom is -0.492 e. The zero-order chi connectivity index (χ0) is 12.8. The van der Waals surface area contributed by atoms with E-state index >= 15 is 0 Å². The number of hydrogen-bond donors (Lipinski definition) is 0. The molecule has 0 fully saturated rings. The second kappa shape index (κ2) is 3.78. The molecule has 0 radical (unpaired) electrons. The molecule has 0 spiro atoms. The highest BCUT2D eigenvalue weighted by atomic mass is 16.5. The number of aromatic nitrogens is 4. The van der Waals surface area contributed by atoms with Crippen LogP contribution in [0, 0.1) is 6.92 Å². The second-order valence-corrected chi connectivity index (χ2v) is 4.64. The van der Waals surface area contributed by atoms with Gasteiger partial charge in [-0.2, -0.15) is 10.1 Å². The van der Waals surface area contributed by atoms with Crippen LogP contribution in [0.1, 0.15) is 11.4 Å². The zero-order valence-electron chi connectivity index (χ0n) is 10.5. The lowest BCUT2D eigenvalue weighted by molar-refractivity contribution is 0.358. The highest BCUT2D eigenvalue weighted by Crippen LogP contribution is 2.36. The minimum absolute atomic E-state index is 0.620. The van der Waals surface area contributed by atoms with E-state index in [1.54, 1.807) is 4.52 Å². The van der Waals surface area contributed by atoms with Crippen molar-refractivity contribution in [1.82, 2.24) is 19.6 Å². The Hall–Kier alpha value is -2.43. The third kappa shape index (κ3) is 1.58. The number of para-hydroxylation sites is 1. The van der Waals surface area contributed by atoms with Crippen molar-refractivity contribution in [2.45, 2.75) is 13.3 Å². The van der Waals surface area contributed by atoms with E-state index in [4.69, 9.17) is 4.74 Å². The Bertz CT molecular complexity index is 778. The first-order valence-electron chi connectivity index (χ1n) is 6.25. The van der Waals surface area contributed by atoms with Crippen LogP contribution in [0.5, 0.6) is 5.75 Å². The van der Waals surface area contributed by atoms with Crippen LogP contribution in [0.2, 0.25) is 0 Å². The summed E-state index contributed by atoms with van der Waals surface area (Å²) in [5, 5.41) is 4.30. The number of nitrogens with zero attached hydrogens (tertiary/aromatic N) is 4. The molecule has 1 aromatic carbocycles. The van der Waals surface area contributed by atoms with Gasteiger partial charge in [-0.25, -0.2) is 9.50 Å². The Morgan fingerprint density at radius 3 is 3.21 bits per heavy atom. The number of aryl methyl sites for hydroxylation is 1. The van der Waals surface area contributed by atoms with Gasteiger partial charge >= 0.3 is 0 Å². The molecular formula is C14H12N4O. The summed E-state index contributed by atoms with van der Waals surface area (Å²) in [4.78, 5) is 8.57. The number of hydrogen-bond acceptors (Lipinski definition) is 4. The SMILES string of the molecule is Cc1nc2ncc(-c3cccc4c3OCC4)cn2n1. The fraction of sp³-hybridized carbons (Fsp3) is 0.214. The van der Waals surface area contributed by atoms with Gasteiger partial charge in [-0.15, -0.1) is 0 Å². The molecule has 94 valence electrons. The largest absolute Gasteiger partial charge is 0.492 e. The molecule has 0 unspecified atom stereocenters. The molecule has 0 aliphatic carbocycles. The van der Waals surface area contributed by atoms with Crippen LogP contribution < -0.4 is 4.74 Å². The average Bonchev–Trinajstić information content (AvgIpc) is 3.01. The Labute approximate surface area is 109 Å². The van der Waals surface area contributed by atoms with Crippen molar-refractivity contribution < 1.29 is 4.74 Å². The molecule has 4 rings (SSSR count). The third-order valence-electron chi connectivity index (χ3n) is 3.33.